The zero-order valence-electron chi connectivity index (χ0n) is 10.2. The van der Waals surface area contributed by atoms with Crippen LogP contribution in [0.2, 0.25) is 0 Å². The van der Waals surface area contributed by atoms with E-state index in [0.717, 1.165) is 5.56 Å². The standard InChI is InChI=1S/C14H14N2O3/c17-13(18)9-15-14(19)12-7-4-8-16(12)10-11-5-2-1-3-6-11/h1-8H,9-10H2,(H,15,19)(H,17,18). The minimum Gasteiger partial charge on any atom is -0.480 e. The third-order valence-electron chi connectivity index (χ3n) is 2.66. The van der Waals surface area contributed by atoms with Crippen molar-refractivity contribution in [1.29, 1.82) is 0 Å². The summed E-state index contributed by atoms with van der Waals surface area (Å²) in [5.41, 5.74) is 1.52. The highest BCUT2D eigenvalue weighted by atomic mass is 16.4. The van der Waals surface area contributed by atoms with E-state index in [4.69, 9.17) is 5.11 Å². The van der Waals surface area contributed by atoms with Crippen molar-refractivity contribution in [2.24, 2.45) is 0 Å². The molecule has 5 nitrogen and oxygen atoms in total. The lowest BCUT2D eigenvalue weighted by atomic mass is 10.2. The average molecular weight is 258 g/mol. The number of rotatable bonds is 5. The lowest BCUT2D eigenvalue weighted by Crippen LogP contribution is -2.30. The molecule has 1 heterocycles. The molecule has 5 heteroatoms. The van der Waals surface area contributed by atoms with E-state index in [9.17, 15) is 9.59 Å². The van der Waals surface area contributed by atoms with Gasteiger partial charge in [0.1, 0.15) is 12.2 Å². The number of amides is 1. The Morgan fingerprint density at radius 2 is 1.84 bits per heavy atom. The minimum atomic E-state index is -1.06. The molecule has 0 aliphatic carbocycles. The van der Waals surface area contributed by atoms with Gasteiger partial charge in [-0.1, -0.05) is 30.3 Å². The Bertz CT molecular complexity index is 575. The van der Waals surface area contributed by atoms with Gasteiger partial charge in [-0.25, -0.2) is 0 Å². The smallest absolute Gasteiger partial charge is 0.322 e. The minimum absolute atomic E-state index is 0.380. The maximum absolute atomic E-state index is 11.8. The normalized spacial score (nSPS) is 10.1. The molecule has 0 spiro atoms. The van der Waals surface area contributed by atoms with Crippen LogP contribution in [0.15, 0.2) is 48.7 Å². The Morgan fingerprint density at radius 1 is 1.11 bits per heavy atom. The first-order valence-electron chi connectivity index (χ1n) is 5.86. The molecule has 2 N–H and O–H groups in total. The number of nitrogens with zero attached hydrogens (tertiary/aromatic N) is 1. The van der Waals surface area contributed by atoms with Crippen molar-refractivity contribution in [3.63, 3.8) is 0 Å². The summed E-state index contributed by atoms with van der Waals surface area (Å²) in [6, 6.07) is 13.2. The van der Waals surface area contributed by atoms with Crippen molar-refractivity contribution in [1.82, 2.24) is 9.88 Å². The molecule has 2 rings (SSSR count). The third-order valence-corrected chi connectivity index (χ3v) is 2.66. The predicted molar refractivity (Wildman–Crippen MR) is 69.9 cm³/mol. The van der Waals surface area contributed by atoms with Crippen molar-refractivity contribution < 1.29 is 14.7 Å². The largest absolute Gasteiger partial charge is 0.480 e. The molecule has 0 radical (unpaired) electrons. The molecule has 0 aliphatic heterocycles. The second kappa shape index (κ2) is 5.86. The highest BCUT2D eigenvalue weighted by Gasteiger charge is 2.11. The summed E-state index contributed by atoms with van der Waals surface area (Å²) in [7, 11) is 0. The summed E-state index contributed by atoms with van der Waals surface area (Å²) in [4.78, 5) is 22.3. The van der Waals surface area contributed by atoms with Crippen molar-refractivity contribution in [3.8, 4) is 0 Å². The highest BCUT2D eigenvalue weighted by Crippen LogP contribution is 2.07. The summed E-state index contributed by atoms with van der Waals surface area (Å²) in [6.45, 7) is 0.193. The molecule has 0 bridgehead atoms. The monoisotopic (exact) mass is 258 g/mol. The van der Waals surface area contributed by atoms with E-state index < -0.39 is 5.97 Å². The van der Waals surface area contributed by atoms with Crippen molar-refractivity contribution >= 4 is 11.9 Å². The molecule has 1 amide bonds. The van der Waals surface area contributed by atoms with Gasteiger partial charge in [-0.05, 0) is 17.7 Å². The lowest BCUT2D eigenvalue weighted by molar-refractivity contribution is -0.135. The van der Waals surface area contributed by atoms with Gasteiger partial charge in [0.15, 0.2) is 0 Å². The van der Waals surface area contributed by atoms with Crippen molar-refractivity contribution in [2.75, 3.05) is 6.54 Å². The Labute approximate surface area is 110 Å². The van der Waals surface area contributed by atoms with Crippen LogP contribution in [-0.2, 0) is 11.3 Å². The number of hydrogen-bond donors (Lipinski definition) is 2. The van der Waals surface area contributed by atoms with Gasteiger partial charge in [-0.3, -0.25) is 9.59 Å². The van der Waals surface area contributed by atoms with E-state index in [1.807, 2.05) is 30.3 Å². The van der Waals surface area contributed by atoms with E-state index in [1.165, 1.54) is 0 Å². The summed E-state index contributed by atoms with van der Waals surface area (Å²) >= 11 is 0. The summed E-state index contributed by atoms with van der Waals surface area (Å²) in [6.07, 6.45) is 1.79. The van der Waals surface area contributed by atoms with Crippen molar-refractivity contribution in [2.45, 2.75) is 6.54 Å². The van der Waals surface area contributed by atoms with Crippen LogP contribution in [-0.4, -0.2) is 28.1 Å². The van der Waals surface area contributed by atoms with Gasteiger partial charge in [-0.15, -0.1) is 0 Å². The first kappa shape index (κ1) is 12.9. The quantitative estimate of drug-likeness (QED) is 0.850. The zero-order chi connectivity index (χ0) is 13.7. The van der Waals surface area contributed by atoms with Crippen LogP contribution in [0.25, 0.3) is 0 Å². The van der Waals surface area contributed by atoms with Crippen LogP contribution >= 0.6 is 0 Å². The zero-order valence-corrected chi connectivity index (χ0v) is 10.2. The van der Waals surface area contributed by atoms with Crippen LogP contribution in [0.1, 0.15) is 16.1 Å². The first-order valence-corrected chi connectivity index (χ1v) is 5.86. The Hall–Kier alpha value is -2.56. The SMILES string of the molecule is O=C(O)CNC(=O)c1cccn1Cc1ccccc1. The second-order valence-corrected chi connectivity index (χ2v) is 4.08. The number of carboxylic acids is 1. The fraction of sp³-hybridized carbons (Fsp3) is 0.143. The fourth-order valence-electron chi connectivity index (χ4n) is 1.78. The van der Waals surface area contributed by atoms with Gasteiger partial charge in [0.05, 0.1) is 0 Å². The Kier molecular flexibility index (Phi) is 3.97. The summed E-state index contributed by atoms with van der Waals surface area (Å²) in [5, 5.41) is 10.9. The Morgan fingerprint density at radius 3 is 2.53 bits per heavy atom. The number of hydrogen-bond acceptors (Lipinski definition) is 2. The first-order chi connectivity index (χ1) is 9.16. The molecule has 0 atom stereocenters. The number of carbonyl (C=O) groups excluding carboxylic acids is 1. The molecule has 1 aromatic heterocycles. The molecule has 0 aliphatic rings. The number of benzene rings is 1. The number of nitrogens with one attached hydrogen (secondary N) is 1. The maximum Gasteiger partial charge on any atom is 0.322 e. The topological polar surface area (TPSA) is 71.3 Å². The molecular weight excluding hydrogens is 244 g/mol. The number of carbonyl (C=O) groups is 2. The molecule has 2 aromatic rings. The van der Waals surface area contributed by atoms with Gasteiger partial charge in [0, 0.05) is 12.7 Å². The molecule has 0 fully saturated rings. The molecule has 0 saturated carbocycles. The van der Waals surface area contributed by atoms with Gasteiger partial charge >= 0.3 is 5.97 Å². The van der Waals surface area contributed by atoms with E-state index in [0.29, 0.717) is 12.2 Å². The van der Waals surface area contributed by atoms with E-state index in [1.54, 1.807) is 22.9 Å². The van der Waals surface area contributed by atoms with E-state index >= 15 is 0 Å². The van der Waals surface area contributed by atoms with Gasteiger partial charge < -0.3 is 15.0 Å². The van der Waals surface area contributed by atoms with E-state index in [2.05, 4.69) is 5.32 Å². The third kappa shape index (κ3) is 3.45. The van der Waals surface area contributed by atoms with Crippen LogP contribution in [0.3, 0.4) is 0 Å². The average Bonchev–Trinajstić information content (AvgIpc) is 2.85. The predicted octanol–water partition coefficient (Wildman–Crippen LogP) is 1.35. The highest BCUT2D eigenvalue weighted by molar-refractivity contribution is 5.94. The number of aromatic nitrogens is 1. The van der Waals surface area contributed by atoms with Crippen LogP contribution in [0, 0.1) is 0 Å². The van der Waals surface area contributed by atoms with E-state index in [-0.39, 0.29) is 12.5 Å². The van der Waals surface area contributed by atoms with Crippen LogP contribution in [0.5, 0.6) is 0 Å². The number of carboxylic acid groups (broad SMARTS) is 1. The summed E-state index contributed by atoms with van der Waals surface area (Å²) in [5.74, 6) is -1.45. The molecule has 1 aromatic carbocycles. The Balaban J connectivity index is 2.09. The van der Waals surface area contributed by atoms with Gasteiger partial charge in [-0.2, -0.15) is 0 Å². The van der Waals surface area contributed by atoms with Crippen molar-refractivity contribution in [3.05, 3.63) is 59.9 Å². The lowest BCUT2D eigenvalue weighted by Gasteiger charge is -2.09. The maximum atomic E-state index is 11.8. The van der Waals surface area contributed by atoms with Crippen LogP contribution < -0.4 is 5.32 Å². The number of aliphatic carboxylic acids is 1. The molecular formula is C14H14N2O3. The summed E-state index contributed by atoms with van der Waals surface area (Å²) < 4.78 is 1.78. The van der Waals surface area contributed by atoms with Crippen LogP contribution in [0.4, 0.5) is 0 Å². The fourth-order valence-corrected chi connectivity index (χ4v) is 1.78. The molecule has 0 saturated heterocycles. The molecule has 0 unspecified atom stereocenters. The second-order valence-electron chi connectivity index (χ2n) is 4.08. The van der Waals surface area contributed by atoms with Gasteiger partial charge in [0.2, 0.25) is 0 Å². The van der Waals surface area contributed by atoms with Gasteiger partial charge in [0.25, 0.3) is 5.91 Å². The molecule has 19 heavy (non-hydrogen) atoms. The molecule has 98 valence electrons.